The number of carboxylic acids is 1. The second kappa shape index (κ2) is 6.56. The van der Waals surface area contributed by atoms with Gasteiger partial charge in [0.2, 0.25) is 0 Å². The summed E-state index contributed by atoms with van der Waals surface area (Å²) >= 11 is 0. The van der Waals surface area contributed by atoms with E-state index in [1.807, 2.05) is 0 Å². The van der Waals surface area contributed by atoms with Gasteiger partial charge < -0.3 is 19.6 Å². The molecule has 0 saturated carbocycles. The van der Waals surface area contributed by atoms with Crippen molar-refractivity contribution < 1.29 is 19.4 Å². The number of H-pyrrole nitrogens is 1. The van der Waals surface area contributed by atoms with Crippen molar-refractivity contribution in [3.05, 3.63) is 52.2 Å². The van der Waals surface area contributed by atoms with Crippen molar-refractivity contribution in [2.45, 2.75) is 13.0 Å². The molecule has 1 heterocycles. The molecule has 110 valence electrons. The highest BCUT2D eigenvalue weighted by molar-refractivity contribution is 5.69. The van der Waals surface area contributed by atoms with Crippen LogP contribution in [0, 0.1) is 0 Å². The average molecular weight is 290 g/mol. The fourth-order valence-corrected chi connectivity index (χ4v) is 1.70. The molecule has 0 unspecified atom stereocenters. The molecule has 0 aliphatic rings. The highest BCUT2D eigenvalue weighted by Gasteiger charge is 2.06. The monoisotopic (exact) mass is 290 g/mol. The van der Waals surface area contributed by atoms with E-state index in [1.54, 1.807) is 31.4 Å². The van der Waals surface area contributed by atoms with E-state index in [9.17, 15) is 9.59 Å². The lowest BCUT2D eigenvalue weighted by molar-refractivity contribution is -0.136. The molecule has 1 aromatic carbocycles. The van der Waals surface area contributed by atoms with E-state index in [1.165, 1.54) is 0 Å². The predicted octanol–water partition coefficient (Wildman–Crippen LogP) is 0.985. The number of benzene rings is 1. The number of methoxy groups -OCH3 is 1. The second-order valence-corrected chi connectivity index (χ2v) is 4.22. The van der Waals surface area contributed by atoms with Crippen LogP contribution in [-0.4, -0.2) is 28.2 Å². The van der Waals surface area contributed by atoms with Crippen LogP contribution in [0.1, 0.15) is 11.5 Å². The highest BCUT2D eigenvalue weighted by atomic mass is 16.5. The Morgan fingerprint density at radius 1 is 1.29 bits per heavy atom. The third-order valence-electron chi connectivity index (χ3n) is 2.61. The molecule has 7 nitrogen and oxygen atoms in total. The maximum Gasteiger partial charge on any atom is 0.309 e. The van der Waals surface area contributed by atoms with Crippen molar-refractivity contribution in [1.29, 1.82) is 0 Å². The third-order valence-corrected chi connectivity index (χ3v) is 2.61. The van der Waals surface area contributed by atoms with E-state index in [0.717, 1.165) is 6.07 Å². The number of rotatable bonds is 6. The van der Waals surface area contributed by atoms with E-state index in [2.05, 4.69) is 9.97 Å². The first kappa shape index (κ1) is 14.6. The maximum absolute atomic E-state index is 11.4. The standard InChI is InChI=1S/C14H14N2O5/c1-20-10-2-4-11(5-3-10)21-8-12-15-9(7-14(18)19)6-13(17)16-12/h2-6H,7-8H2,1H3,(H,18,19)(H,15,16,17). The Morgan fingerprint density at radius 3 is 2.57 bits per heavy atom. The van der Waals surface area contributed by atoms with Gasteiger partial charge >= 0.3 is 5.97 Å². The molecule has 2 N–H and O–H groups in total. The molecule has 2 aromatic rings. The first-order valence-corrected chi connectivity index (χ1v) is 6.14. The topological polar surface area (TPSA) is 102 Å². The summed E-state index contributed by atoms with van der Waals surface area (Å²) in [4.78, 5) is 28.6. The first-order chi connectivity index (χ1) is 10.1. The summed E-state index contributed by atoms with van der Waals surface area (Å²) in [6.07, 6.45) is -0.306. The molecule has 0 aliphatic carbocycles. The molecule has 0 bridgehead atoms. The summed E-state index contributed by atoms with van der Waals surface area (Å²) in [6, 6.07) is 8.08. The Labute approximate surface area is 120 Å². The molecule has 1 aromatic heterocycles. The van der Waals surface area contributed by atoms with E-state index >= 15 is 0 Å². The minimum absolute atomic E-state index is 0.0367. The van der Waals surface area contributed by atoms with E-state index in [4.69, 9.17) is 14.6 Å². The van der Waals surface area contributed by atoms with Crippen molar-refractivity contribution >= 4 is 5.97 Å². The zero-order valence-corrected chi connectivity index (χ0v) is 11.3. The number of hydrogen-bond donors (Lipinski definition) is 2. The molecule has 0 radical (unpaired) electrons. The van der Waals surface area contributed by atoms with Gasteiger partial charge in [-0.1, -0.05) is 0 Å². The molecular weight excluding hydrogens is 276 g/mol. The summed E-state index contributed by atoms with van der Waals surface area (Å²) in [6.45, 7) is 0.0367. The molecule has 0 amide bonds. The zero-order valence-electron chi connectivity index (χ0n) is 11.3. The first-order valence-electron chi connectivity index (χ1n) is 6.14. The lowest BCUT2D eigenvalue weighted by atomic mass is 10.3. The van der Waals surface area contributed by atoms with E-state index in [-0.39, 0.29) is 24.5 Å². The largest absolute Gasteiger partial charge is 0.497 e. The van der Waals surface area contributed by atoms with Crippen LogP contribution < -0.4 is 15.0 Å². The summed E-state index contributed by atoms with van der Waals surface area (Å²) in [5.41, 5.74) is -0.214. The fraction of sp³-hybridized carbons (Fsp3) is 0.214. The normalized spacial score (nSPS) is 10.1. The second-order valence-electron chi connectivity index (χ2n) is 4.22. The van der Waals surface area contributed by atoms with Gasteiger partial charge in [0.15, 0.2) is 0 Å². The van der Waals surface area contributed by atoms with Crippen molar-refractivity contribution in [2.24, 2.45) is 0 Å². The Bertz CT molecular complexity index is 679. The Kier molecular flexibility index (Phi) is 4.55. The van der Waals surface area contributed by atoms with Crippen LogP contribution in [0.15, 0.2) is 35.1 Å². The SMILES string of the molecule is COc1ccc(OCc2nc(CC(=O)O)cc(=O)[nH]2)cc1. The van der Waals surface area contributed by atoms with Crippen LogP contribution in [0.2, 0.25) is 0 Å². The van der Waals surface area contributed by atoms with Crippen molar-refractivity contribution in [1.82, 2.24) is 9.97 Å². The molecule has 21 heavy (non-hydrogen) atoms. The molecule has 0 aliphatic heterocycles. The van der Waals surface area contributed by atoms with E-state index < -0.39 is 11.5 Å². The highest BCUT2D eigenvalue weighted by Crippen LogP contribution is 2.17. The average Bonchev–Trinajstić information content (AvgIpc) is 2.44. The van der Waals surface area contributed by atoms with Gasteiger partial charge in [-0.2, -0.15) is 0 Å². The maximum atomic E-state index is 11.4. The zero-order chi connectivity index (χ0) is 15.2. The van der Waals surface area contributed by atoms with Gasteiger partial charge in [-0.3, -0.25) is 9.59 Å². The number of aliphatic carboxylic acids is 1. The minimum Gasteiger partial charge on any atom is -0.497 e. The quantitative estimate of drug-likeness (QED) is 0.822. The van der Waals surface area contributed by atoms with Crippen LogP contribution in [0.25, 0.3) is 0 Å². The summed E-state index contributed by atoms with van der Waals surface area (Å²) < 4.78 is 10.5. The number of ether oxygens (including phenoxy) is 2. The van der Waals surface area contributed by atoms with Crippen LogP contribution in [-0.2, 0) is 17.8 Å². The lowest BCUT2D eigenvalue weighted by Gasteiger charge is -2.07. The summed E-state index contributed by atoms with van der Waals surface area (Å²) in [5.74, 6) is 0.518. The van der Waals surface area contributed by atoms with Crippen molar-refractivity contribution in [3.63, 3.8) is 0 Å². The molecule has 0 fully saturated rings. The Hall–Kier alpha value is -2.83. The Morgan fingerprint density at radius 2 is 1.95 bits per heavy atom. The molecule has 0 atom stereocenters. The molecule has 2 rings (SSSR count). The number of aromatic amines is 1. The molecule has 0 spiro atoms. The number of nitrogens with one attached hydrogen (secondary N) is 1. The summed E-state index contributed by atoms with van der Waals surface area (Å²) in [7, 11) is 1.57. The number of hydrogen-bond acceptors (Lipinski definition) is 5. The number of aromatic nitrogens is 2. The smallest absolute Gasteiger partial charge is 0.309 e. The Balaban J connectivity index is 2.06. The molecular formula is C14H14N2O5. The molecule has 0 saturated heterocycles. The van der Waals surface area contributed by atoms with Gasteiger partial charge in [0.05, 0.1) is 19.2 Å². The predicted molar refractivity (Wildman–Crippen MR) is 73.5 cm³/mol. The van der Waals surface area contributed by atoms with Crippen LogP contribution in [0.3, 0.4) is 0 Å². The number of carbonyl (C=O) groups is 1. The van der Waals surface area contributed by atoms with Crippen molar-refractivity contribution in [3.8, 4) is 11.5 Å². The van der Waals surface area contributed by atoms with Crippen molar-refractivity contribution in [2.75, 3.05) is 7.11 Å². The fourth-order valence-electron chi connectivity index (χ4n) is 1.70. The minimum atomic E-state index is -1.05. The van der Waals surface area contributed by atoms with Gasteiger partial charge in [0, 0.05) is 6.07 Å². The summed E-state index contributed by atoms with van der Waals surface area (Å²) in [5, 5.41) is 8.71. The van der Waals surface area contributed by atoms with Crippen LogP contribution in [0.4, 0.5) is 0 Å². The lowest BCUT2D eigenvalue weighted by Crippen LogP contribution is -2.16. The van der Waals surface area contributed by atoms with Crippen LogP contribution >= 0.6 is 0 Å². The number of carboxylic acid groups (broad SMARTS) is 1. The number of nitrogens with zero attached hydrogens (tertiary/aromatic N) is 1. The van der Waals surface area contributed by atoms with E-state index in [0.29, 0.717) is 11.5 Å². The third kappa shape index (κ3) is 4.34. The molecule has 7 heteroatoms. The van der Waals surface area contributed by atoms with Gasteiger partial charge in [-0.05, 0) is 24.3 Å². The van der Waals surface area contributed by atoms with Gasteiger partial charge in [0.1, 0.15) is 23.9 Å². The van der Waals surface area contributed by atoms with Gasteiger partial charge in [-0.25, -0.2) is 4.98 Å². The van der Waals surface area contributed by atoms with Gasteiger partial charge in [-0.15, -0.1) is 0 Å². The van der Waals surface area contributed by atoms with Crippen LogP contribution in [0.5, 0.6) is 11.5 Å². The van der Waals surface area contributed by atoms with Gasteiger partial charge in [0.25, 0.3) is 5.56 Å².